The Bertz CT molecular complexity index is 886. The van der Waals surface area contributed by atoms with E-state index in [4.69, 9.17) is 4.52 Å². The highest BCUT2D eigenvalue weighted by Gasteiger charge is 2.34. The van der Waals surface area contributed by atoms with Crippen LogP contribution in [0.1, 0.15) is 40.3 Å². The molecule has 7 nitrogen and oxygen atoms in total. The van der Waals surface area contributed by atoms with Gasteiger partial charge in [0.2, 0.25) is 5.91 Å². The normalized spacial score (nSPS) is 15.5. The maximum Gasteiger partial charge on any atom is 0.433 e. The van der Waals surface area contributed by atoms with Gasteiger partial charge in [-0.1, -0.05) is 5.16 Å². The number of hydrogen-bond donors (Lipinski definition) is 1. The Morgan fingerprint density at radius 3 is 2.43 bits per heavy atom. The van der Waals surface area contributed by atoms with Crippen LogP contribution in [0.4, 0.5) is 19.0 Å². The minimum Gasteiger partial charge on any atom is -0.360 e. The van der Waals surface area contributed by atoms with Gasteiger partial charge < -0.3 is 14.7 Å². The molecule has 0 aromatic carbocycles. The smallest absolute Gasteiger partial charge is 0.360 e. The van der Waals surface area contributed by atoms with Crippen LogP contribution in [-0.4, -0.2) is 39.9 Å². The molecule has 0 radical (unpaired) electrons. The van der Waals surface area contributed by atoms with Gasteiger partial charge in [-0.2, -0.15) is 13.2 Å². The lowest BCUT2D eigenvalue weighted by Crippen LogP contribution is -2.41. The Kier molecular flexibility index (Phi) is 5.39. The number of rotatable bonds is 3. The number of alkyl halides is 3. The predicted molar refractivity (Wildman–Crippen MR) is 92.5 cm³/mol. The highest BCUT2D eigenvalue weighted by atomic mass is 19.4. The van der Waals surface area contributed by atoms with Crippen LogP contribution in [0.5, 0.6) is 0 Å². The fraction of sp³-hybridized carbons (Fsp3) is 0.444. The molecule has 1 fully saturated rings. The van der Waals surface area contributed by atoms with Gasteiger partial charge in [0.25, 0.3) is 5.91 Å². The first-order chi connectivity index (χ1) is 13.1. The average molecular weight is 396 g/mol. The molecule has 2 amide bonds. The van der Waals surface area contributed by atoms with E-state index in [2.05, 4.69) is 15.5 Å². The van der Waals surface area contributed by atoms with E-state index < -0.39 is 11.9 Å². The summed E-state index contributed by atoms with van der Waals surface area (Å²) in [6.07, 6.45) is -3.66. The van der Waals surface area contributed by atoms with Crippen molar-refractivity contribution in [3.63, 3.8) is 0 Å². The Morgan fingerprint density at radius 1 is 1.21 bits per heavy atom. The number of nitrogens with zero attached hydrogens (tertiary/aromatic N) is 3. The number of carbonyl (C=O) groups excluding carboxylic acids is 2. The molecule has 3 rings (SSSR count). The van der Waals surface area contributed by atoms with Crippen molar-refractivity contribution >= 4 is 17.6 Å². The number of aryl methyl sites for hydroxylation is 2. The summed E-state index contributed by atoms with van der Waals surface area (Å²) in [6, 6.07) is 3.57. The standard InChI is InChI=1S/C18H19F3N4O3/c1-10-9-15(24-28-10)23-16(26)12-5-7-25(8-6-12)17(27)13-3-4-14(18(19,20)21)22-11(13)2/h3-4,9,12H,5-8H2,1-2H3,(H,23,24,26). The fourth-order valence-corrected chi connectivity index (χ4v) is 3.11. The van der Waals surface area contributed by atoms with Crippen LogP contribution in [0.2, 0.25) is 0 Å². The van der Waals surface area contributed by atoms with E-state index in [-0.39, 0.29) is 29.0 Å². The van der Waals surface area contributed by atoms with Gasteiger partial charge in [-0.25, -0.2) is 4.98 Å². The summed E-state index contributed by atoms with van der Waals surface area (Å²) in [7, 11) is 0. The number of nitrogens with one attached hydrogen (secondary N) is 1. The molecule has 1 N–H and O–H groups in total. The van der Waals surface area contributed by atoms with Crippen molar-refractivity contribution < 1.29 is 27.3 Å². The molecule has 1 aliphatic rings. The van der Waals surface area contributed by atoms with Crippen LogP contribution in [0.3, 0.4) is 0 Å². The first-order valence-corrected chi connectivity index (χ1v) is 8.73. The summed E-state index contributed by atoms with van der Waals surface area (Å²) in [5.41, 5.74) is -0.866. The van der Waals surface area contributed by atoms with Gasteiger partial charge in [-0.3, -0.25) is 9.59 Å². The van der Waals surface area contributed by atoms with E-state index in [1.807, 2.05) is 0 Å². The van der Waals surface area contributed by atoms with Crippen molar-refractivity contribution in [2.75, 3.05) is 18.4 Å². The fourth-order valence-electron chi connectivity index (χ4n) is 3.11. The number of piperidine rings is 1. The Balaban J connectivity index is 1.60. The van der Waals surface area contributed by atoms with Crippen molar-refractivity contribution in [3.8, 4) is 0 Å². The van der Waals surface area contributed by atoms with Crippen LogP contribution < -0.4 is 5.32 Å². The van der Waals surface area contributed by atoms with Crippen LogP contribution in [0.15, 0.2) is 22.7 Å². The summed E-state index contributed by atoms with van der Waals surface area (Å²) in [6.45, 7) is 3.75. The van der Waals surface area contributed by atoms with E-state index >= 15 is 0 Å². The zero-order valence-electron chi connectivity index (χ0n) is 15.3. The third-order valence-corrected chi connectivity index (χ3v) is 4.64. The van der Waals surface area contributed by atoms with Crippen molar-refractivity contribution in [1.29, 1.82) is 0 Å². The highest BCUT2D eigenvalue weighted by molar-refractivity contribution is 5.96. The summed E-state index contributed by atoms with van der Waals surface area (Å²) < 4.78 is 43.1. The van der Waals surface area contributed by atoms with Crippen LogP contribution in [0.25, 0.3) is 0 Å². The second-order valence-corrected chi connectivity index (χ2v) is 6.71. The van der Waals surface area contributed by atoms with E-state index in [9.17, 15) is 22.8 Å². The summed E-state index contributed by atoms with van der Waals surface area (Å²) in [5.74, 6) is 0.0501. The number of pyridine rings is 1. The summed E-state index contributed by atoms with van der Waals surface area (Å²) in [4.78, 5) is 30.0. The quantitative estimate of drug-likeness (QED) is 0.861. The van der Waals surface area contributed by atoms with Crippen molar-refractivity contribution in [2.45, 2.75) is 32.9 Å². The lowest BCUT2D eigenvalue weighted by Gasteiger charge is -2.31. The minimum atomic E-state index is -4.56. The monoisotopic (exact) mass is 396 g/mol. The first kappa shape index (κ1) is 19.8. The van der Waals surface area contributed by atoms with Gasteiger partial charge in [0.05, 0.1) is 11.3 Å². The summed E-state index contributed by atoms with van der Waals surface area (Å²) >= 11 is 0. The van der Waals surface area contributed by atoms with Crippen molar-refractivity contribution in [3.05, 3.63) is 40.9 Å². The van der Waals surface area contributed by atoms with E-state index in [1.54, 1.807) is 13.0 Å². The van der Waals surface area contributed by atoms with Gasteiger partial charge in [0, 0.05) is 25.1 Å². The van der Waals surface area contributed by atoms with Gasteiger partial charge in [-0.05, 0) is 38.8 Å². The minimum absolute atomic E-state index is 0.0288. The molecule has 10 heteroatoms. The molecule has 0 unspecified atom stereocenters. The SMILES string of the molecule is Cc1cc(NC(=O)C2CCN(C(=O)c3ccc(C(F)(F)F)nc3C)CC2)no1. The molecule has 0 bridgehead atoms. The van der Waals surface area contributed by atoms with E-state index in [1.165, 1.54) is 11.8 Å². The molecule has 0 saturated carbocycles. The molecule has 2 aromatic rings. The van der Waals surface area contributed by atoms with Crippen LogP contribution in [-0.2, 0) is 11.0 Å². The zero-order chi connectivity index (χ0) is 20.5. The van der Waals surface area contributed by atoms with Gasteiger partial charge >= 0.3 is 6.18 Å². The molecule has 0 spiro atoms. The molecule has 28 heavy (non-hydrogen) atoms. The highest BCUT2D eigenvalue weighted by Crippen LogP contribution is 2.29. The van der Waals surface area contributed by atoms with Crippen LogP contribution in [0, 0.1) is 19.8 Å². The lowest BCUT2D eigenvalue weighted by atomic mass is 9.95. The molecular formula is C18H19F3N4O3. The van der Waals surface area contributed by atoms with Crippen LogP contribution >= 0.6 is 0 Å². The lowest BCUT2D eigenvalue weighted by molar-refractivity contribution is -0.141. The molecule has 3 heterocycles. The van der Waals surface area contributed by atoms with Crippen molar-refractivity contribution in [2.24, 2.45) is 5.92 Å². The predicted octanol–water partition coefficient (Wildman–Crippen LogP) is 3.20. The average Bonchev–Trinajstić information content (AvgIpc) is 3.05. The Hall–Kier alpha value is -2.91. The zero-order valence-corrected chi connectivity index (χ0v) is 15.3. The maximum absolute atomic E-state index is 12.7. The molecule has 150 valence electrons. The summed E-state index contributed by atoms with van der Waals surface area (Å²) in [5, 5.41) is 6.38. The number of likely N-dealkylation sites (tertiary alicyclic amines) is 1. The van der Waals surface area contributed by atoms with Gasteiger partial charge in [0.15, 0.2) is 5.82 Å². The molecule has 1 aliphatic heterocycles. The second kappa shape index (κ2) is 7.61. The van der Waals surface area contributed by atoms with Gasteiger partial charge in [-0.15, -0.1) is 0 Å². The van der Waals surface area contributed by atoms with Crippen molar-refractivity contribution in [1.82, 2.24) is 15.0 Å². The van der Waals surface area contributed by atoms with E-state index in [0.29, 0.717) is 37.5 Å². The molecule has 2 aromatic heterocycles. The number of hydrogen-bond acceptors (Lipinski definition) is 5. The topological polar surface area (TPSA) is 88.3 Å². The van der Waals surface area contributed by atoms with E-state index in [0.717, 1.165) is 12.1 Å². The molecule has 0 atom stereocenters. The third-order valence-electron chi connectivity index (χ3n) is 4.64. The third kappa shape index (κ3) is 4.32. The first-order valence-electron chi connectivity index (χ1n) is 8.73. The number of carbonyl (C=O) groups is 2. The second-order valence-electron chi connectivity index (χ2n) is 6.71. The molecule has 1 saturated heterocycles. The maximum atomic E-state index is 12.7. The largest absolute Gasteiger partial charge is 0.433 e. The number of anilines is 1. The molecule has 0 aliphatic carbocycles. The number of halogens is 3. The van der Waals surface area contributed by atoms with Gasteiger partial charge in [0.1, 0.15) is 11.5 Å². The Morgan fingerprint density at radius 2 is 1.89 bits per heavy atom. The Labute approximate surface area is 158 Å². The number of amides is 2. The number of aromatic nitrogens is 2. The molecular weight excluding hydrogens is 377 g/mol.